The Balaban J connectivity index is 0.00000147. The Bertz CT molecular complexity index is 512. The van der Waals surface area contributed by atoms with Crippen molar-refractivity contribution >= 4 is 22.8 Å². The molecule has 1 unspecified atom stereocenters. The molecule has 4 nitrogen and oxygen atoms in total. The Morgan fingerprint density at radius 1 is 1.10 bits per heavy atom. The molecule has 0 saturated heterocycles. The molecule has 0 bridgehead atoms. The highest BCUT2D eigenvalue weighted by Crippen LogP contribution is 2.36. The number of carbonyl (C=O) groups is 1. The van der Waals surface area contributed by atoms with E-state index in [1.54, 1.807) is 6.07 Å². The molecular formula is C15H20BrNO3. The van der Waals surface area contributed by atoms with Crippen LogP contribution in [0.15, 0.2) is 12.1 Å². The maximum absolute atomic E-state index is 12.4. The van der Waals surface area contributed by atoms with E-state index in [1.165, 1.54) is 18.9 Å². The molecule has 1 atom stereocenters. The third-order valence-corrected chi connectivity index (χ3v) is 4.32. The molecule has 1 aromatic carbocycles. The van der Waals surface area contributed by atoms with Gasteiger partial charge in [-0.1, -0.05) is 12.8 Å². The van der Waals surface area contributed by atoms with Crippen LogP contribution >= 0.6 is 17.0 Å². The summed E-state index contributed by atoms with van der Waals surface area (Å²) in [5.41, 5.74) is 1.14. The lowest BCUT2D eigenvalue weighted by atomic mass is 9.86. The Morgan fingerprint density at radius 2 is 1.80 bits per heavy atom. The van der Waals surface area contributed by atoms with E-state index in [2.05, 4.69) is 5.32 Å². The lowest BCUT2D eigenvalue weighted by molar-refractivity contribution is 0.0919. The Kier molecular flexibility index (Phi) is 4.70. The van der Waals surface area contributed by atoms with Gasteiger partial charge in [0.25, 0.3) is 0 Å². The zero-order valence-electron chi connectivity index (χ0n) is 11.3. The first-order valence-corrected chi connectivity index (χ1v) is 7.01. The summed E-state index contributed by atoms with van der Waals surface area (Å²) in [4.78, 5) is 12.4. The van der Waals surface area contributed by atoms with E-state index in [0.717, 1.165) is 12.8 Å². The number of hydrogen-bond donors (Lipinski definition) is 3. The van der Waals surface area contributed by atoms with Crippen molar-refractivity contribution in [3.8, 4) is 11.5 Å². The van der Waals surface area contributed by atoms with E-state index in [4.69, 9.17) is 0 Å². The van der Waals surface area contributed by atoms with Crippen LogP contribution in [0.1, 0.15) is 48.0 Å². The fraction of sp³-hybridized carbons (Fsp3) is 0.533. The van der Waals surface area contributed by atoms with Crippen molar-refractivity contribution in [3.05, 3.63) is 23.3 Å². The fourth-order valence-electron chi connectivity index (χ4n) is 3.25. The van der Waals surface area contributed by atoms with E-state index in [-0.39, 0.29) is 40.3 Å². The average molecular weight is 342 g/mol. The highest BCUT2D eigenvalue weighted by Gasteiger charge is 2.31. The summed E-state index contributed by atoms with van der Waals surface area (Å²) in [5, 5.41) is 22.7. The van der Waals surface area contributed by atoms with Crippen LogP contribution in [-0.4, -0.2) is 28.1 Å². The number of phenolic OH excluding ortho intramolecular Hbond substituents is 2. The first-order chi connectivity index (χ1) is 9.16. The van der Waals surface area contributed by atoms with Crippen LogP contribution in [0.2, 0.25) is 0 Å². The number of fused-ring (bicyclic) bond motifs is 1. The minimum absolute atomic E-state index is 0. The summed E-state index contributed by atoms with van der Waals surface area (Å²) in [6.45, 7) is 0. The molecule has 0 aromatic heterocycles. The molecule has 2 aliphatic rings. The predicted molar refractivity (Wildman–Crippen MR) is 81.9 cm³/mol. The average Bonchev–Trinajstić information content (AvgIpc) is 2.90. The number of carbonyl (C=O) groups excluding carboxylic acids is 1. The Labute approximate surface area is 129 Å². The van der Waals surface area contributed by atoms with E-state index in [0.29, 0.717) is 30.0 Å². The van der Waals surface area contributed by atoms with Crippen LogP contribution in [0.25, 0.3) is 0 Å². The highest BCUT2D eigenvalue weighted by molar-refractivity contribution is 8.93. The summed E-state index contributed by atoms with van der Waals surface area (Å²) in [7, 11) is 0. The molecule has 1 fully saturated rings. The van der Waals surface area contributed by atoms with Crippen molar-refractivity contribution in [2.75, 3.05) is 0 Å². The molecule has 3 N–H and O–H groups in total. The zero-order chi connectivity index (χ0) is 13.4. The Morgan fingerprint density at radius 3 is 2.50 bits per heavy atom. The molecule has 0 heterocycles. The molecule has 5 heteroatoms. The lowest BCUT2D eigenvalue weighted by Gasteiger charge is -2.27. The maximum atomic E-state index is 12.4. The quantitative estimate of drug-likeness (QED) is 0.723. The molecule has 0 amide bonds. The number of halogens is 1. The number of ketones is 1. The molecule has 0 radical (unpaired) electrons. The summed E-state index contributed by atoms with van der Waals surface area (Å²) in [6, 6.07) is 3.33. The molecule has 1 saturated carbocycles. The number of aromatic hydroxyl groups is 2. The van der Waals surface area contributed by atoms with Gasteiger partial charge in [-0.05, 0) is 37.8 Å². The smallest absolute Gasteiger partial charge is 0.180 e. The largest absolute Gasteiger partial charge is 0.504 e. The second-order valence-electron chi connectivity index (χ2n) is 5.56. The van der Waals surface area contributed by atoms with Gasteiger partial charge in [0.15, 0.2) is 17.3 Å². The number of Topliss-reactive ketones (excluding diaryl/α,β-unsaturated/α-hetero) is 1. The number of phenols is 2. The minimum atomic E-state index is -0.145. The van der Waals surface area contributed by atoms with Gasteiger partial charge in [0.1, 0.15) is 0 Å². The number of hydrogen-bond acceptors (Lipinski definition) is 4. The van der Waals surface area contributed by atoms with E-state index in [9.17, 15) is 15.0 Å². The standard InChI is InChI=1S/C15H19NO3.BrH/c17-13-8-6-10-11(15(13)19)5-7-12(14(10)18)16-9-3-1-2-4-9;/h6,8-9,12,16-17,19H,1-5,7H2;1H. The molecule has 3 rings (SSSR count). The second-order valence-corrected chi connectivity index (χ2v) is 5.56. The normalized spacial score (nSPS) is 22.4. The molecular weight excluding hydrogens is 322 g/mol. The lowest BCUT2D eigenvalue weighted by Crippen LogP contribution is -2.44. The van der Waals surface area contributed by atoms with E-state index < -0.39 is 0 Å². The predicted octanol–water partition coefficient (Wildman–Crippen LogP) is 2.71. The summed E-state index contributed by atoms with van der Waals surface area (Å²) in [6.07, 6.45) is 6.10. The van der Waals surface area contributed by atoms with Crippen molar-refractivity contribution in [1.29, 1.82) is 0 Å². The molecule has 20 heavy (non-hydrogen) atoms. The van der Waals surface area contributed by atoms with Crippen LogP contribution in [-0.2, 0) is 6.42 Å². The van der Waals surface area contributed by atoms with E-state index in [1.807, 2.05) is 0 Å². The van der Waals surface area contributed by atoms with Gasteiger partial charge in [0.05, 0.1) is 6.04 Å². The summed E-state index contributed by atoms with van der Waals surface area (Å²) >= 11 is 0. The topological polar surface area (TPSA) is 69.6 Å². The number of rotatable bonds is 2. The maximum Gasteiger partial charge on any atom is 0.180 e. The van der Waals surface area contributed by atoms with Crippen LogP contribution in [0, 0.1) is 0 Å². The second kappa shape index (κ2) is 6.14. The van der Waals surface area contributed by atoms with Crippen LogP contribution in [0.5, 0.6) is 11.5 Å². The van der Waals surface area contributed by atoms with Gasteiger partial charge in [0.2, 0.25) is 0 Å². The van der Waals surface area contributed by atoms with Gasteiger partial charge >= 0.3 is 0 Å². The molecule has 0 spiro atoms. The van der Waals surface area contributed by atoms with Gasteiger partial charge in [-0.25, -0.2) is 0 Å². The molecule has 2 aliphatic carbocycles. The van der Waals surface area contributed by atoms with Crippen LogP contribution in [0.4, 0.5) is 0 Å². The SMILES string of the molecule is Br.O=C1c2ccc(O)c(O)c2CCC1NC1CCCC1. The first kappa shape index (κ1) is 15.3. The summed E-state index contributed by atoms with van der Waals surface area (Å²) < 4.78 is 0. The fourth-order valence-corrected chi connectivity index (χ4v) is 3.25. The van der Waals surface area contributed by atoms with Crippen molar-refractivity contribution < 1.29 is 15.0 Å². The highest BCUT2D eigenvalue weighted by atomic mass is 79.9. The molecule has 0 aliphatic heterocycles. The summed E-state index contributed by atoms with van der Waals surface area (Å²) in [5.74, 6) is -0.234. The van der Waals surface area contributed by atoms with Gasteiger partial charge < -0.3 is 15.5 Å². The van der Waals surface area contributed by atoms with Crippen LogP contribution in [0.3, 0.4) is 0 Å². The first-order valence-electron chi connectivity index (χ1n) is 7.01. The number of nitrogens with one attached hydrogen (secondary N) is 1. The third-order valence-electron chi connectivity index (χ3n) is 4.32. The van der Waals surface area contributed by atoms with Crippen molar-refractivity contribution in [2.45, 2.75) is 50.6 Å². The molecule has 110 valence electrons. The van der Waals surface area contributed by atoms with Gasteiger partial charge in [-0.2, -0.15) is 0 Å². The van der Waals surface area contributed by atoms with E-state index >= 15 is 0 Å². The van der Waals surface area contributed by atoms with Crippen LogP contribution < -0.4 is 5.32 Å². The van der Waals surface area contributed by atoms with Crippen molar-refractivity contribution in [3.63, 3.8) is 0 Å². The van der Waals surface area contributed by atoms with Crippen molar-refractivity contribution in [1.82, 2.24) is 5.32 Å². The van der Waals surface area contributed by atoms with Gasteiger partial charge in [0, 0.05) is 17.2 Å². The molecule has 1 aromatic rings. The van der Waals surface area contributed by atoms with Gasteiger partial charge in [-0.3, -0.25) is 4.79 Å². The number of benzene rings is 1. The monoisotopic (exact) mass is 341 g/mol. The minimum Gasteiger partial charge on any atom is -0.504 e. The Hall–Kier alpha value is -1.07. The third kappa shape index (κ3) is 2.69. The van der Waals surface area contributed by atoms with Crippen molar-refractivity contribution in [2.24, 2.45) is 0 Å². The van der Waals surface area contributed by atoms with Gasteiger partial charge in [-0.15, -0.1) is 17.0 Å². The zero-order valence-corrected chi connectivity index (χ0v) is 13.0.